The number of carbonyl (C=O) groups is 1. The normalized spacial score (nSPS) is 11.0. The highest BCUT2D eigenvalue weighted by atomic mass is 35.5. The fourth-order valence-corrected chi connectivity index (χ4v) is 2.62. The number of carbonyl (C=O) groups excluding carboxylic acids is 1. The van der Waals surface area contributed by atoms with Crippen LogP contribution in [0.1, 0.15) is 16.7 Å². The SMILES string of the molecule is Cc1ccc2cc(C=NNC(=O)COc3ccccc3C)c(Cl)nc2c1. The van der Waals surface area contributed by atoms with Crippen LogP contribution in [0, 0.1) is 13.8 Å². The first-order valence-electron chi connectivity index (χ1n) is 8.10. The number of para-hydroxylation sites is 1. The van der Waals surface area contributed by atoms with E-state index in [-0.39, 0.29) is 12.5 Å². The van der Waals surface area contributed by atoms with Gasteiger partial charge in [0.1, 0.15) is 10.9 Å². The second-order valence-electron chi connectivity index (χ2n) is 5.91. The number of hydrogen-bond acceptors (Lipinski definition) is 4. The van der Waals surface area contributed by atoms with Crippen molar-refractivity contribution >= 4 is 34.6 Å². The van der Waals surface area contributed by atoms with Crippen molar-refractivity contribution in [3.63, 3.8) is 0 Å². The Balaban J connectivity index is 1.62. The van der Waals surface area contributed by atoms with Gasteiger partial charge in [0.2, 0.25) is 0 Å². The molecule has 0 aliphatic heterocycles. The van der Waals surface area contributed by atoms with E-state index in [1.54, 1.807) is 0 Å². The Morgan fingerprint density at radius 2 is 2.04 bits per heavy atom. The van der Waals surface area contributed by atoms with Crippen molar-refractivity contribution in [1.29, 1.82) is 0 Å². The zero-order chi connectivity index (χ0) is 18.5. The molecule has 1 aromatic heterocycles. The number of nitrogens with one attached hydrogen (secondary N) is 1. The predicted molar refractivity (Wildman–Crippen MR) is 104 cm³/mol. The Hall–Kier alpha value is -2.92. The number of amides is 1. The summed E-state index contributed by atoms with van der Waals surface area (Å²) in [5.74, 6) is 0.314. The minimum Gasteiger partial charge on any atom is -0.483 e. The van der Waals surface area contributed by atoms with Crippen LogP contribution in [0.25, 0.3) is 10.9 Å². The van der Waals surface area contributed by atoms with Gasteiger partial charge >= 0.3 is 0 Å². The Bertz CT molecular complexity index is 986. The van der Waals surface area contributed by atoms with Crippen LogP contribution >= 0.6 is 11.6 Å². The van der Waals surface area contributed by atoms with E-state index in [1.165, 1.54) is 6.21 Å². The lowest BCUT2D eigenvalue weighted by molar-refractivity contribution is -0.123. The number of nitrogens with zero attached hydrogens (tertiary/aromatic N) is 2. The van der Waals surface area contributed by atoms with Crippen molar-refractivity contribution in [1.82, 2.24) is 10.4 Å². The zero-order valence-electron chi connectivity index (χ0n) is 14.5. The summed E-state index contributed by atoms with van der Waals surface area (Å²) in [5, 5.41) is 5.22. The highest BCUT2D eigenvalue weighted by Crippen LogP contribution is 2.20. The summed E-state index contributed by atoms with van der Waals surface area (Å²) in [7, 11) is 0. The van der Waals surface area contributed by atoms with Crippen LogP contribution in [0.5, 0.6) is 5.75 Å². The maximum Gasteiger partial charge on any atom is 0.277 e. The molecule has 0 unspecified atom stereocenters. The summed E-state index contributed by atoms with van der Waals surface area (Å²) in [4.78, 5) is 16.2. The second kappa shape index (κ2) is 7.97. The van der Waals surface area contributed by atoms with Crippen molar-refractivity contribution < 1.29 is 9.53 Å². The Kier molecular flexibility index (Phi) is 5.49. The smallest absolute Gasteiger partial charge is 0.277 e. The third-order valence-electron chi connectivity index (χ3n) is 3.80. The van der Waals surface area contributed by atoms with Crippen molar-refractivity contribution in [3.8, 4) is 5.75 Å². The lowest BCUT2D eigenvalue weighted by atomic mass is 10.1. The number of pyridine rings is 1. The number of halogens is 1. The third-order valence-corrected chi connectivity index (χ3v) is 4.10. The van der Waals surface area contributed by atoms with Crippen molar-refractivity contribution in [2.24, 2.45) is 5.10 Å². The number of aryl methyl sites for hydroxylation is 2. The van der Waals surface area contributed by atoms with E-state index in [9.17, 15) is 4.79 Å². The lowest BCUT2D eigenvalue weighted by Crippen LogP contribution is -2.24. The van der Waals surface area contributed by atoms with Gasteiger partial charge < -0.3 is 4.74 Å². The molecule has 6 heteroatoms. The third kappa shape index (κ3) is 4.37. The van der Waals surface area contributed by atoms with E-state index in [0.717, 1.165) is 22.0 Å². The fourth-order valence-electron chi connectivity index (χ4n) is 2.43. The standard InChI is InChI=1S/C20H18ClN3O2/c1-13-7-8-15-10-16(20(21)23-17(15)9-13)11-22-24-19(25)12-26-18-6-4-3-5-14(18)2/h3-11H,12H2,1-2H3,(H,24,25). The summed E-state index contributed by atoms with van der Waals surface area (Å²) in [6, 6.07) is 15.3. The van der Waals surface area contributed by atoms with E-state index < -0.39 is 0 Å². The first-order valence-corrected chi connectivity index (χ1v) is 8.48. The molecule has 0 bridgehead atoms. The van der Waals surface area contributed by atoms with Gasteiger partial charge in [0, 0.05) is 10.9 Å². The Labute approximate surface area is 156 Å². The number of hydrogen-bond donors (Lipinski definition) is 1. The minimum atomic E-state index is -0.356. The lowest BCUT2D eigenvalue weighted by Gasteiger charge is -2.07. The fraction of sp³-hybridized carbons (Fsp3) is 0.150. The van der Waals surface area contributed by atoms with Gasteiger partial charge in [-0.15, -0.1) is 0 Å². The molecule has 132 valence electrons. The molecule has 1 N–H and O–H groups in total. The molecule has 3 rings (SSSR count). The van der Waals surface area contributed by atoms with Gasteiger partial charge in [-0.3, -0.25) is 4.79 Å². The van der Waals surface area contributed by atoms with Gasteiger partial charge in [-0.25, -0.2) is 10.4 Å². The number of ether oxygens (including phenoxy) is 1. The Morgan fingerprint density at radius 3 is 2.85 bits per heavy atom. The van der Waals surface area contributed by atoms with Gasteiger partial charge in [0.05, 0.1) is 11.7 Å². The average Bonchev–Trinajstić information content (AvgIpc) is 2.61. The van der Waals surface area contributed by atoms with Gasteiger partial charge in [-0.1, -0.05) is 41.9 Å². The largest absolute Gasteiger partial charge is 0.483 e. The average molecular weight is 368 g/mol. The van der Waals surface area contributed by atoms with Crippen LogP contribution in [-0.4, -0.2) is 23.7 Å². The summed E-state index contributed by atoms with van der Waals surface area (Å²) < 4.78 is 5.47. The van der Waals surface area contributed by atoms with Crippen LogP contribution in [0.4, 0.5) is 0 Å². The molecule has 3 aromatic rings. The van der Waals surface area contributed by atoms with E-state index in [4.69, 9.17) is 16.3 Å². The Morgan fingerprint density at radius 1 is 1.23 bits per heavy atom. The van der Waals surface area contributed by atoms with Crippen LogP contribution in [-0.2, 0) is 4.79 Å². The monoisotopic (exact) mass is 367 g/mol. The molecule has 0 fully saturated rings. The molecule has 5 nitrogen and oxygen atoms in total. The molecule has 1 amide bonds. The second-order valence-corrected chi connectivity index (χ2v) is 6.27. The number of rotatable bonds is 5. The first kappa shape index (κ1) is 17.9. The van der Waals surface area contributed by atoms with E-state index in [2.05, 4.69) is 15.5 Å². The molecular weight excluding hydrogens is 350 g/mol. The van der Waals surface area contributed by atoms with Crippen molar-refractivity contribution in [3.05, 3.63) is 70.4 Å². The number of aromatic nitrogens is 1. The van der Waals surface area contributed by atoms with E-state index in [0.29, 0.717) is 16.5 Å². The van der Waals surface area contributed by atoms with Gasteiger partial charge in [0.25, 0.3) is 5.91 Å². The molecule has 0 saturated carbocycles. The van der Waals surface area contributed by atoms with Crippen LogP contribution in [0.2, 0.25) is 5.15 Å². The molecule has 2 aromatic carbocycles. The minimum absolute atomic E-state index is 0.120. The summed E-state index contributed by atoms with van der Waals surface area (Å²) in [6.07, 6.45) is 1.47. The van der Waals surface area contributed by atoms with Crippen molar-refractivity contribution in [2.45, 2.75) is 13.8 Å². The molecule has 0 atom stereocenters. The summed E-state index contributed by atoms with van der Waals surface area (Å²) in [6.45, 7) is 3.80. The maximum atomic E-state index is 11.9. The highest BCUT2D eigenvalue weighted by Gasteiger charge is 2.05. The molecule has 0 aliphatic carbocycles. The summed E-state index contributed by atoms with van der Waals surface area (Å²) >= 11 is 6.19. The van der Waals surface area contributed by atoms with Crippen LogP contribution in [0.3, 0.4) is 0 Å². The van der Waals surface area contributed by atoms with E-state index in [1.807, 2.05) is 62.4 Å². The zero-order valence-corrected chi connectivity index (χ0v) is 15.2. The number of fused-ring (bicyclic) bond motifs is 1. The topological polar surface area (TPSA) is 63.6 Å². The molecule has 1 heterocycles. The quantitative estimate of drug-likeness (QED) is 0.420. The first-order chi connectivity index (χ1) is 12.5. The summed E-state index contributed by atoms with van der Waals surface area (Å²) in [5.41, 5.74) is 5.95. The molecule has 0 spiro atoms. The molecule has 26 heavy (non-hydrogen) atoms. The predicted octanol–water partition coefficient (Wildman–Crippen LogP) is 4.03. The van der Waals surface area contributed by atoms with Gasteiger partial charge in [-0.05, 0) is 43.2 Å². The van der Waals surface area contributed by atoms with E-state index >= 15 is 0 Å². The van der Waals surface area contributed by atoms with Crippen LogP contribution < -0.4 is 10.2 Å². The number of benzene rings is 2. The van der Waals surface area contributed by atoms with Crippen LogP contribution in [0.15, 0.2) is 53.6 Å². The molecule has 0 saturated heterocycles. The molecule has 0 radical (unpaired) electrons. The van der Waals surface area contributed by atoms with Gasteiger partial charge in [0.15, 0.2) is 6.61 Å². The number of hydrazone groups is 1. The maximum absolute atomic E-state index is 11.9. The molecule has 0 aliphatic rings. The molecular formula is C20H18ClN3O2. The van der Waals surface area contributed by atoms with Gasteiger partial charge in [-0.2, -0.15) is 5.10 Å². The highest BCUT2D eigenvalue weighted by molar-refractivity contribution is 6.32. The van der Waals surface area contributed by atoms with Crippen molar-refractivity contribution in [2.75, 3.05) is 6.61 Å².